The van der Waals surface area contributed by atoms with Gasteiger partial charge in [0.05, 0.1) is 12.7 Å². The smallest absolute Gasteiger partial charge is 0.320 e. The number of fused-ring (bicyclic) bond motifs is 1. The van der Waals surface area contributed by atoms with Crippen LogP contribution in [0.15, 0.2) is 35.5 Å². The van der Waals surface area contributed by atoms with E-state index in [0.717, 1.165) is 19.3 Å². The van der Waals surface area contributed by atoms with Crippen LogP contribution in [0, 0.1) is 23.2 Å². The summed E-state index contributed by atoms with van der Waals surface area (Å²) >= 11 is 5.56. The summed E-state index contributed by atoms with van der Waals surface area (Å²) < 4.78 is 5.34. The topological polar surface area (TPSA) is 46.5 Å². The van der Waals surface area contributed by atoms with Crippen molar-refractivity contribution in [1.82, 2.24) is 0 Å². The first-order valence-corrected chi connectivity index (χ1v) is 11.4. The molecule has 28 heavy (non-hydrogen) atoms. The fourth-order valence-corrected chi connectivity index (χ4v) is 6.07. The maximum atomic E-state index is 11.4. The molecule has 5 atom stereocenters. The molecule has 0 aliphatic heterocycles. The summed E-state index contributed by atoms with van der Waals surface area (Å²) in [6.45, 7) is 9.32. The number of aliphatic hydroxyl groups is 1. The van der Waals surface area contributed by atoms with Gasteiger partial charge in [0.15, 0.2) is 0 Å². The fourth-order valence-electron chi connectivity index (χ4n) is 5.99. The SMILES string of the molecule is C=C1CC[C@H](O)C/C1=C/C=C1\CCC[C@]2(C)[C@@H]([C@H](C)COC(=O)CCl)CC[C@@H]12. The van der Waals surface area contributed by atoms with Crippen LogP contribution < -0.4 is 0 Å². The van der Waals surface area contributed by atoms with Gasteiger partial charge in [0, 0.05) is 0 Å². The molecule has 3 nitrogen and oxygen atoms in total. The molecule has 0 bridgehead atoms. The lowest BCUT2D eigenvalue weighted by atomic mass is 9.61. The molecule has 3 saturated carbocycles. The summed E-state index contributed by atoms with van der Waals surface area (Å²) in [7, 11) is 0. The summed E-state index contributed by atoms with van der Waals surface area (Å²) in [6.07, 6.45) is 12.8. The van der Waals surface area contributed by atoms with Crippen molar-refractivity contribution in [2.75, 3.05) is 12.5 Å². The Kier molecular flexibility index (Phi) is 7.09. The van der Waals surface area contributed by atoms with Gasteiger partial charge in [-0.1, -0.05) is 43.7 Å². The second kappa shape index (κ2) is 9.17. The highest BCUT2D eigenvalue weighted by atomic mass is 35.5. The summed E-state index contributed by atoms with van der Waals surface area (Å²) in [4.78, 5) is 11.4. The van der Waals surface area contributed by atoms with Gasteiger partial charge in [-0.15, -0.1) is 11.6 Å². The second-order valence-electron chi connectivity index (χ2n) is 9.32. The van der Waals surface area contributed by atoms with E-state index in [-0.39, 0.29) is 23.4 Å². The largest absolute Gasteiger partial charge is 0.465 e. The first-order valence-electron chi connectivity index (χ1n) is 10.8. The summed E-state index contributed by atoms with van der Waals surface area (Å²) in [5.41, 5.74) is 4.23. The summed E-state index contributed by atoms with van der Waals surface area (Å²) in [6, 6.07) is 0. The van der Waals surface area contributed by atoms with E-state index in [2.05, 4.69) is 32.6 Å². The Labute approximate surface area is 174 Å². The van der Waals surface area contributed by atoms with Crippen LogP contribution in [0.5, 0.6) is 0 Å². The van der Waals surface area contributed by atoms with Crippen LogP contribution in [0.2, 0.25) is 0 Å². The number of alkyl halides is 1. The molecule has 0 aromatic carbocycles. The molecule has 0 amide bonds. The predicted octanol–water partition coefficient (Wildman–Crippen LogP) is 5.57. The highest BCUT2D eigenvalue weighted by molar-refractivity contribution is 6.26. The molecule has 0 spiro atoms. The maximum Gasteiger partial charge on any atom is 0.320 e. The number of carbonyl (C=O) groups excluding carboxylic acids is 1. The average Bonchev–Trinajstić information content (AvgIpc) is 3.04. The third-order valence-corrected chi connectivity index (χ3v) is 7.75. The van der Waals surface area contributed by atoms with Crippen LogP contribution in [0.4, 0.5) is 0 Å². The predicted molar refractivity (Wildman–Crippen MR) is 114 cm³/mol. The molecular formula is C24H35ClO3. The van der Waals surface area contributed by atoms with E-state index in [1.165, 1.54) is 43.3 Å². The van der Waals surface area contributed by atoms with E-state index in [4.69, 9.17) is 16.3 Å². The van der Waals surface area contributed by atoms with Gasteiger partial charge in [-0.05, 0) is 80.1 Å². The molecule has 1 N–H and O–H groups in total. The summed E-state index contributed by atoms with van der Waals surface area (Å²) in [5, 5.41) is 9.98. The van der Waals surface area contributed by atoms with E-state index < -0.39 is 0 Å². The molecule has 0 saturated heterocycles. The van der Waals surface area contributed by atoms with Crippen molar-refractivity contribution in [2.24, 2.45) is 23.2 Å². The summed E-state index contributed by atoms with van der Waals surface area (Å²) in [5.74, 6) is 1.14. The zero-order chi connectivity index (χ0) is 20.3. The van der Waals surface area contributed by atoms with Gasteiger partial charge in [-0.3, -0.25) is 4.79 Å². The van der Waals surface area contributed by atoms with Crippen LogP contribution in [0.1, 0.15) is 65.2 Å². The number of hydrogen-bond acceptors (Lipinski definition) is 3. The Balaban J connectivity index is 1.72. The Bertz CT molecular complexity index is 665. The van der Waals surface area contributed by atoms with Crippen LogP contribution in [0.25, 0.3) is 0 Å². The molecule has 3 fully saturated rings. The highest BCUT2D eigenvalue weighted by Gasteiger charge is 2.50. The number of ether oxygens (including phenoxy) is 1. The Morgan fingerprint density at radius 1 is 1.36 bits per heavy atom. The van der Waals surface area contributed by atoms with Crippen molar-refractivity contribution in [3.63, 3.8) is 0 Å². The minimum Gasteiger partial charge on any atom is -0.465 e. The van der Waals surface area contributed by atoms with E-state index in [0.29, 0.717) is 24.4 Å². The van der Waals surface area contributed by atoms with Crippen molar-refractivity contribution in [3.8, 4) is 0 Å². The number of rotatable bonds is 5. The quantitative estimate of drug-likeness (QED) is 0.479. The standard InChI is InChI=1S/C24H35ClO3/c1-16-6-9-20(26)13-19(16)8-7-18-5-4-12-24(3)21(10-11-22(18)24)17(2)15-28-23(27)14-25/h7-8,17,20-22,26H,1,4-6,9-15H2,2-3H3/b18-7+,19-8-/t17-,20+,21-,22+,24-/m1/s1. The minimum atomic E-state index is -0.320. The third-order valence-electron chi connectivity index (χ3n) is 7.53. The lowest BCUT2D eigenvalue weighted by molar-refractivity contribution is -0.142. The molecule has 0 heterocycles. The van der Waals surface area contributed by atoms with Crippen molar-refractivity contribution >= 4 is 17.6 Å². The number of allylic oxidation sites excluding steroid dienone is 4. The van der Waals surface area contributed by atoms with Crippen LogP contribution >= 0.6 is 11.6 Å². The first-order chi connectivity index (χ1) is 13.3. The van der Waals surface area contributed by atoms with Crippen LogP contribution in [0.3, 0.4) is 0 Å². The normalized spacial score (nSPS) is 37.1. The molecular weight excluding hydrogens is 372 g/mol. The molecule has 0 unspecified atom stereocenters. The minimum absolute atomic E-state index is 0.0706. The number of halogens is 1. The van der Waals surface area contributed by atoms with E-state index in [1.807, 2.05) is 0 Å². The molecule has 3 aliphatic rings. The van der Waals surface area contributed by atoms with E-state index in [9.17, 15) is 9.90 Å². The van der Waals surface area contributed by atoms with Crippen molar-refractivity contribution in [1.29, 1.82) is 0 Å². The maximum absolute atomic E-state index is 11.4. The van der Waals surface area contributed by atoms with Crippen LogP contribution in [-0.4, -0.2) is 29.7 Å². The highest BCUT2D eigenvalue weighted by Crippen LogP contribution is 2.59. The van der Waals surface area contributed by atoms with Gasteiger partial charge in [0.25, 0.3) is 0 Å². The molecule has 3 aliphatic carbocycles. The van der Waals surface area contributed by atoms with Crippen molar-refractivity contribution in [2.45, 2.75) is 71.3 Å². The zero-order valence-electron chi connectivity index (χ0n) is 17.4. The molecule has 4 heteroatoms. The third kappa shape index (κ3) is 4.57. The Morgan fingerprint density at radius 3 is 2.89 bits per heavy atom. The molecule has 0 aromatic rings. The zero-order valence-corrected chi connectivity index (χ0v) is 18.1. The van der Waals surface area contributed by atoms with Crippen molar-refractivity contribution in [3.05, 3.63) is 35.5 Å². The first kappa shape index (κ1) is 21.6. The number of carbonyl (C=O) groups is 1. The average molecular weight is 407 g/mol. The monoisotopic (exact) mass is 406 g/mol. The van der Waals surface area contributed by atoms with Gasteiger partial charge in [-0.2, -0.15) is 0 Å². The van der Waals surface area contributed by atoms with Gasteiger partial charge in [0.2, 0.25) is 0 Å². The molecule has 0 radical (unpaired) electrons. The van der Waals surface area contributed by atoms with Gasteiger partial charge in [-0.25, -0.2) is 0 Å². The van der Waals surface area contributed by atoms with Crippen LogP contribution in [-0.2, 0) is 9.53 Å². The van der Waals surface area contributed by atoms with Gasteiger partial charge >= 0.3 is 5.97 Å². The Hall–Kier alpha value is -1.06. The van der Waals surface area contributed by atoms with E-state index >= 15 is 0 Å². The molecule has 0 aromatic heterocycles. The number of esters is 1. The second-order valence-corrected chi connectivity index (χ2v) is 9.59. The molecule has 156 valence electrons. The fraction of sp³-hybridized carbons (Fsp3) is 0.708. The number of hydrogen-bond donors (Lipinski definition) is 1. The van der Waals surface area contributed by atoms with Gasteiger partial charge in [0.1, 0.15) is 5.88 Å². The molecule has 3 rings (SSSR count). The van der Waals surface area contributed by atoms with Crippen molar-refractivity contribution < 1.29 is 14.6 Å². The lowest BCUT2D eigenvalue weighted by Crippen LogP contribution is -2.37. The van der Waals surface area contributed by atoms with Gasteiger partial charge < -0.3 is 9.84 Å². The van der Waals surface area contributed by atoms with E-state index in [1.54, 1.807) is 5.57 Å². The lowest BCUT2D eigenvalue weighted by Gasteiger charge is -2.44. The Morgan fingerprint density at radius 2 is 2.14 bits per heavy atom. The number of aliphatic hydroxyl groups excluding tert-OH is 1.